The number of carboxylic acid groups (broad SMARTS) is 1. The highest BCUT2D eigenvalue weighted by molar-refractivity contribution is 5.87. The number of nitrogens with zero attached hydrogens (tertiary/aromatic N) is 3. The molecule has 3 N–H and O–H groups in total. The molecule has 0 radical (unpaired) electrons. The second-order valence-electron chi connectivity index (χ2n) is 7.43. The van der Waals surface area contributed by atoms with E-state index in [-0.39, 0.29) is 25.5 Å². The van der Waals surface area contributed by atoms with Crippen molar-refractivity contribution in [2.75, 3.05) is 11.7 Å². The van der Waals surface area contributed by atoms with E-state index in [1.54, 1.807) is 29.3 Å². The van der Waals surface area contributed by atoms with Crippen LogP contribution in [0.2, 0.25) is 0 Å². The van der Waals surface area contributed by atoms with Crippen molar-refractivity contribution in [1.29, 1.82) is 0 Å². The number of pyridine rings is 1. The second-order valence-corrected chi connectivity index (χ2v) is 7.43. The van der Waals surface area contributed by atoms with Gasteiger partial charge in [-0.2, -0.15) is 0 Å². The van der Waals surface area contributed by atoms with E-state index in [2.05, 4.69) is 0 Å². The molecular weight excluding hydrogens is 424 g/mol. The molecule has 2 aromatic carbocycles. The number of aliphatic hydroxyl groups excluding tert-OH is 1. The minimum atomic E-state index is -1.52. The van der Waals surface area contributed by atoms with Gasteiger partial charge in [-0.3, -0.25) is 14.5 Å². The monoisotopic (exact) mass is 443 g/mol. The molecule has 2 heterocycles. The lowest BCUT2D eigenvalue weighted by molar-refractivity contribution is -0.0328. The number of aromatic nitrogens is 1. The Kier molecular flexibility index (Phi) is 5.64. The van der Waals surface area contributed by atoms with Crippen LogP contribution in [-0.4, -0.2) is 37.5 Å². The van der Waals surface area contributed by atoms with E-state index < -0.39 is 40.6 Å². The standard InChI is InChI=1S/C22H19F2N3O5/c23-15-5-1-13(2-6-15)9-25-12-26(10-14-3-7-16(24)8-4-14)27-11-17(22(31)32)19(28)20(29)18(27)21(25)30/h1-8,11,21,29-30H,9-10,12H2,(H,31,32). The average Bonchev–Trinajstić information content (AvgIpc) is 2.76. The summed E-state index contributed by atoms with van der Waals surface area (Å²) in [6.45, 7) is 0.362. The molecule has 0 aliphatic carbocycles. The fourth-order valence-electron chi connectivity index (χ4n) is 3.65. The van der Waals surface area contributed by atoms with Gasteiger partial charge in [-0.15, -0.1) is 0 Å². The zero-order valence-electron chi connectivity index (χ0n) is 16.7. The zero-order valence-corrected chi connectivity index (χ0v) is 16.7. The van der Waals surface area contributed by atoms with E-state index >= 15 is 0 Å². The topological polar surface area (TPSA) is 106 Å². The molecule has 1 unspecified atom stereocenters. The van der Waals surface area contributed by atoms with Crippen molar-refractivity contribution in [3.63, 3.8) is 0 Å². The molecule has 1 aliphatic rings. The number of benzene rings is 2. The molecule has 0 bridgehead atoms. The van der Waals surface area contributed by atoms with E-state index in [4.69, 9.17) is 0 Å². The van der Waals surface area contributed by atoms with E-state index in [1.807, 2.05) is 0 Å². The summed E-state index contributed by atoms with van der Waals surface area (Å²) in [6, 6.07) is 11.3. The fraction of sp³-hybridized carbons (Fsp3) is 0.182. The van der Waals surface area contributed by atoms with Crippen LogP contribution in [0.5, 0.6) is 5.75 Å². The smallest absolute Gasteiger partial charge is 0.341 e. The summed E-state index contributed by atoms with van der Waals surface area (Å²) in [7, 11) is 0. The van der Waals surface area contributed by atoms with Crippen molar-refractivity contribution in [3.8, 4) is 5.75 Å². The quantitative estimate of drug-likeness (QED) is 0.555. The van der Waals surface area contributed by atoms with Crippen LogP contribution < -0.4 is 10.4 Å². The Bertz CT molecular complexity index is 1210. The highest BCUT2D eigenvalue weighted by atomic mass is 19.1. The molecule has 1 aliphatic heterocycles. The summed E-state index contributed by atoms with van der Waals surface area (Å²) in [5, 5.41) is 32.3. The van der Waals surface area contributed by atoms with E-state index in [9.17, 15) is 33.7 Å². The number of aromatic hydroxyl groups is 1. The van der Waals surface area contributed by atoms with Crippen LogP contribution in [0.4, 0.5) is 8.78 Å². The number of fused-ring (bicyclic) bond motifs is 1. The number of halogens is 2. The van der Waals surface area contributed by atoms with Crippen LogP contribution in [0.25, 0.3) is 0 Å². The SMILES string of the molecule is O=C(O)c1cn2c(c(O)c1=O)C(O)N(Cc1ccc(F)cc1)CN2Cc1ccc(F)cc1. The molecule has 1 atom stereocenters. The summed E-state index contributed by atoms with van der Waals surface area (Å²) in [4.78, 5) is 25.4. The third kappa shape index (κ3) is 4.05. The minimum Gasteiger partial charge on any atom is -0.503 e. The van der Waals surface area contributed by atoms with Gasteiger partial charge in [0, 0.05) is 12.7 Å². The summed E-state index contributed by atoms with van der Waals surface area (Å²) in [5.74, 6) is -3.24. The number of hydrogen-bond donors (Lipinski definition) is 3. The maximum atomic E-state index is 13.3. The van der Waals surface area contributed by atoms with Crippen LogP contribution in [0.1, 0.15) is 33.4 Å². The van der Waals surface area contributed by atoms with Crippen LogP contribution >= 0.6 is 0 Å². The zero-order chi connectivity index (χ0) is 23.0. The lowest BCUT2D eigenvalue weighted by atomic mass is 10.1. The maximum absolute atomic E-state index is 13.3. The Morgan fingerprint density at radius 2 is 1.50 bits per heavy atom. The number of hydrogen-bond acceptors (Lipinski definition) is 6. The molecule has 0 fully saturated rings. The van der Waals surface area contributed by atoms with Crippen molar-refractivity contribution in [1.82, 2.24) is 9.58 Å². The Morgan fingerprint density at radius 3 is 2.03 bits per heavy atom. The van der Waals surface area contributed by atoms with E-state index in [0.29, 0.717) is 11.1 Å². The van der Waals surface area contributed by atoms with Crippen molar-refractivity contribution < 1.29 is 28.9 Å². The molecule has 1 aromatic heterocycles. The molecule has 0 saturated carbocycles. The number of carboxylic acids is 1. The van der Waals surface area contributed by atoms with Crippen molar-refractivity contribution in [2.24, 2.45) is 0 Å². The Labute approximate surface area is 180 Å². The summed E-state index contributed by atoms with van der Waals surface area (Å²) in [6.07, 6.45) is -0.401. The lowest BCUT2D eigenvalue weighted by Crippen LogP contribution is -2.52. The van der Waals surface area contributed by atoms with Gasteiger partial charge in [0.05, 0.1) is 13.2 Å². The molecule has 0 spiro atoms. The largest absolute Gasteiger partial charge is 0.503 e. The molecule has 0 amide bonds. The van der Waals surface area contributed by atoms with Gasteiger partial charge in [-0.1, -0.05) is 24.3 Å². The predicted molar refractivity (Wildman–Crippen MR) is 109 cm³/mol. The summed E-state index contributed by atoms with van der Waals surface area (Å²) >= 11 is 0. The highest BCUT2D eigenvalue weighted by Crippen LogP contribution is 2.31. The molecule has 0 saturated heterocycles. The third-order valence-corrected chi connectivity index (χ3v) is 5.25. The van der Waals surface area contributed by atoms with Crippen molar-refractivity contribution >= 4 is 5.97 Å². The van der Waals surface area contributed by atoms with Crippen LogP contribution in [0.3, 0.4) is 0 Å². The number of carbonyl (C=O) groups is 1. The minimum absolute atomic E-state index is 0.0598. The highest BCUT2D eigenvalue weighted by Gasteiger charge is 2.35. The second kappa shape index (κ2) is 8.40. The first-order valence-corrected chi connectivity index (χ1v) is 9.62. The lowest BCUT2D eigenvalue weighted by Gasteiger charge is -2.43. The molecule has 8 nitrogen and oxygen atoms in total. The summed E-state index contributed by atoms with van der Waals surface area (Å²) < 4.78 is 27.8. The molecule has 3 aromatic rings. The van der Waals surface area contributed by atoms with Crippen molar-refractivity contribution in [3.05, 3.63) is 99.0 Å². The maximum Gasteiger partial charge on any atom is 0.341 e. The van der Waals surface area contributed by atoms with Crippen molar-refractivity contribution in [2.45, 2.75) is 19.3 Å². The van der Waals surface area contributed by atoms with Gasteiger partial charge in [0.1, 0.15) is 22.9 Å². The molecule has 32 heavy (non-hydrogen) atoms. The van der Waals surface area contributed by atoms with Gasteiger partial charge in [0.25, 0.3) is 0 Å². The van der Waals surface area contributed by atoms with E-state index in [0.717, 1.165) is 6.20 Å². The van der Waals surface area contributed by atoms with Gasteiger partial charge in [0.15, 0.2) is 12.0 Å². The Morgan fingerprint density at radius 1 is 0.969 bits per heavy atom. The summed E-state index contributed by atoms with van der Waals surface area (Å²) in [5.41, 5.74) is -0.631. The Hall–Kier alpha value is -3.76. The average molecular weight is 443 g/mol. The molecule has 4 rings (SSSR count). The fourth-order valence-corrected chi connectivity index (χ4v) is 3.65. The number of aromatic carboxylic acids is 1. The van der Waals surface area contributed by atoms with Crippen LogP contribution in [-0.2, 0) is 13.1 Å². The molecular formula is C22H19F2N3O5. The van der Waals surface area contributed by atoms with E-state index in [1.165, 1.54) is 33.8 Å². The molecule has 166 valence electrons. The third-order valence-electron chi connectivity index (χ3n) is 5.25. The Balaban J connectivity index is 1.78. The molecule has 10 heteroatoms. The predicted octanol–water partition coefficient (Wildman–Crippen LogP) is 2.13. The van der Waals surface area contributed by atoms with Gasteiger partial charge in [-0.05, 0) is 35.4 Å². The first-order chi connectivity index (χ1) is 15.2. The van der Waals surface area contributed by atoms with Gasteiger partial charge < -0.3 is 15.3 Å². The van der Waals surface area contributed by atoms with Crippen LogP contribution in [0.15, 0.2) is 59.5 Å². The number of aliphatic hydroxyl groups is 1. The normalized spacial score (nSPS) is 16.1. The number of rotatable bonds is 5. The van der Waals surface area contributed by atoms with Gasteiger partial charge in [-0.25, -0.2) is 18.5 Å². The van der Waals surface area contributed by atoms with Crippen LogP contribution in [0, 0.1) is 11.6 Å². The first-order valence-electron chi connectivity index (χ1n) is 9.62. The van der Waals surface area contributed by atoms with Gasteiger partial charge >= 0.3 is 5.97 Å². The first kappa shape index (κ1) is 21.5. The van der Waals surface area contributed by atoms with Gasteiger partial charge in [0.2, 0.25) is 5.43 Å².